The molecule has 0 radical (unpaired) electrons. The highest BCUT2D eigenvalue weighted by Crippen LogP contribution is 2.29. The van der Waals surface area contributed by atoms with Crippen molar-refractivity contribution >= 4 is 6.16 Å². The number of hydrogen-bond acceptors (Lipinski definition) is 4. The van der Waals surface area contributed by atoms with E-state index in [1.807, 2.05) is 13.8 Å². The Morgan fingerprint density at radius 3 is 2.69 bits per heavy atom. The minimum atomic E-state index is -1.35. The fourth-order valence-corrected chi connectivity index (χ4v) is 0.958. The molecule has 0 saturated heterocycles. The van der Waals surface area contributed by atoms with Gasteiger partial charge in [-0.3, -0.25) is 0 Å². The van der Waals surface area contributed by atoms with Gasteiger partial charge in [0.2, 0.25) is 0 Å². The normalized spacial score (nSPS) is 10.5. The second kappa shape index (κ2) is 3.47. The summed E-state index contributed by atoms with van der Waals surface area (Å²) < 4.78 is 9.46. The van der Waals surface area contributed by atoms with Crippen LogP contribution in [0, 0.1) is 6.92 Å². The van der Waals surface area contributed by atoms with Crippen molar-refractivity contribution in [3.63, 3.8) is 0 Å². The van der Waals surface area contributed by atoms with Crippen molar-refractivity contribution in [2.24, 2.45) is 0 Å². The molecule has 0 amide bonds. The fourth-order valence-electron chi connectivity index (χ4n) is 0.958. The second-order valence-corrected chi connectivity index (χ2v) is 2.98. The lowest BCUT2D eigenvalue weighted by Crippen LogP contribution is -2.05. The van der Waals surface area contributed by atoms with Crippen LogP contribution in [0.25, 0.3) is 0 Å². The number of aromatic nitrogens is 1. The number of hydrogen-bond donors (Lipinski definition) is 1. The van der Waals surface area contributed by atoms with E-state index in [-0.39, 0.29) is 11.7 Å². The zero-order valence-electron chi connectivity index (χ0n) is 7.70. The molecule has 0 bridgehead atoms. The molecular formula is C8H11NO4. The van der Waals surface area contributed by atoms with Gasteiger partial charge in [0.25, 0.3) is 0 Å². The highest BCUT2D eigenvalue weighted by molar-refractivity contribution is 5.62. The van der Waals surface area contributed by atoms with Gasteiger partial charge in [0.05, 0.1) is 0 Å². The molecule has 1 heterocycles. The number of carbonyl (C=O) groups is 1. The topological polar surface area (TPSA) is 72.6 Å². The third-order valence-corrected chi connectivity index (χ3v) is 1.55. The highest BCUT2D eigenvalue weighted by atomic mass is 16.7. The van der Waals surface area contributed by atoms with Crippen LogP contribution in [0.1, 0.15) is 31.2 Å². The lowest BCUT2D eigenvalue weighted by atomic mass is 10.1. The van der Waals surface area contributed by atoms with Gasteiger partial charge in [0.15, 0.2) is 11.5 Å². The van der Waals surface area contributed by atoms with Crippen molar-refractivity contribution in [2.75, 3.05) is 0 Å². The van der Waals surface area contributed by atoms with E-state index in [1.165, 1.54) is 0 Å². The highest BCUT2D eigenvalue weighted by Gasteiger charge is 2.19. The Bertz CT molecular complexity index is 316. The maximum atomic E-state index is 10.3. The van der Waals surface area contributed by atoms with Gasteiger partial charge in [0, 0.05) is 5.92 Å². The van der Waals surface area contributed by atoms with Gasteiger partial charge in [0.1, 0.15) is 5.69 Å². The maximum Gasteiger partial charge on any atom is 0.511 e. The van der Waals surface area contributed by atoms with E-state index >= 15 is 0 Å². The first-order chi connectivity index (χ1) is 6.02. The minimum absolute atomic E-state index is 0.0514. The van der Waals surface area contributed by atoms with E-state index in [2.05, 4.69) is 9.89 Å². The number of rotatable bonds is 2. The lowest BCUT2D eigenvalue weighted by molar-refractivity contribution is 0.143. The molecule has 13 heavy (non-hydrogen) atoms. The number of ether oxygens (including phenoxy) is 1. The summed E-state index contributed by atoms with van der Waals surface area (Å²) in [6.07, 6.45) is -1.35. The summed E-state index contributed by atoms with van der Waals surface area (Å²) in [6, 6.07) is 0. The van der Waals surface area contributed by atoms with Gasteiger partial charge in [-0.15, -0.1) is 0 Å². The summed E-state index contributed by atoms with van der Waals surface area (Å²) in [5.74, 6) is 0.720. The summed E-state index contributed by atoms with van der Waals surface area (Å²) in [5, 5.41) is 12.1. The van der Waals surface area contributed by atoms with E-state index in [0.29, 0.717) is 11.5 Å². The molecule has 72 valence electrons. The summed E-state index contributed by atoms with van der Waals surface area (Å²) in [6.45, 7) is 5.37. The molecule has 1 N–H and O–H groups in total. The zero-order valence-corrected chi connectivity index (χ0v) is 7.70. The Balaban J connectivity index is 3.01. The van der Waals surface area contributed by atoms with Crippen LogP contribution < -0.4 is 4.74 Å². The molecule has 0 unspecified atom stereocenters. The van der Waals surface area contributed by atoms with Crippen LogP contribution in [0.2, 0.25) is 0 Å². The maximum absolute atomic E-state index is 10.3. The van der Waals surface area contributed by atoms with E-state index < -0.39 is 6.16 Å². The summed E-state index contributed by atoms with van der Waals surface area (Å²) in [4.78, 5) is 10.3. The largest absolute Gasteiger partial charge is 0.511 e. The second-order valence-electron chi connectivity index (χ2n) is 2.98. The first-order valence-corrected chi connectivity index (χ1v) is 3.89. The number of aryl methyl sites for hydroxylation is 1. The molecule has 1 aromatic heterocycles. The Kier molecular flexibility index (Phi) is 2.55. The summed E-state index contributed by atoms with van der Waals surface area (Å²) >= 11 is 0. The average Bonchev–Trinajstić information content (AvgIpc) is 2.32. The third-order valence-electron chi connectivity index (χ3n) is 1.55. The van der Waals surface area contributed by atoms with Crippen molar-refractivity contribution < 1.29 is 19.2 Å². The predicted molar refractivity (Wildman–Crippen MR) is 44.0 cm³/mol. The van der Waals surface area contributed by atoms with Crippen molar-refractivity contribution in [1.82, 2.24) is 5.16 Å². The lowest BCUT2D eigenvalue weighted by Gasteiger charge is -2.02. The van der Waals surface area contributed by atoms with Crippen LogP contribution >= 0.6 is 0 Å². The first kappa shape index (κ1) is 9.57. The molecule has 1 aromatic rings. The van der Waals surface area contributed by atoms with Crippen molar-refractivity contribution in [3.05, 3.63) is 11.5 Å². The molecule has 0 aliphatic rings. The van der Waals surface area contributed by atoms with E-state index in [0.717, 1.165) is 0 Å². The third kappa shape index (κ3) is 1.99. The monoisotopic (exact) mass is 185 g/mol. The van der Waals surface area contributed by atoms with Crippen LogP contribution in [0.3, 0.4) is 0 Å². The molecule has 0 saturated carbocycles. The SMILES string of the molecule is Cc1noc(C(C)C)c1OC(=O)O. The fraction of sp³-hybridized carbons (Fsp3) is 0.500. The first-order valence-electron chi connectivity index (χ1n) is 3.89. The average molecular weight is 185 g/mol. The number of nitrogens with zero attached hydrogens (tertiary/aromatic N) is 1. The van der Waals surface area contributed by atoms with Gasteiger partial charge in [-0.2, -0.15) is 0 Å². The molecule has 0 fully saturated rings. The standard InChI is InChI=1S/C8H11NO4/c1-4(2)6-7(12-8(10)11)5(3)9-13-6/h4H,1-3H3,(H,10,11). The van der Waals surface area contributed by atoms with Crippen LogP contribution in [0.15, 0.2) is 4.52 Å². The Labute approximate surface area is 75.3 Å². The van der Waals surface area contributed by atoms with E-state index in [9.17, 15) is 4.79 Å². The molecule has 1 rings (SSSR count). The smallest absolute Gasteiger partial charge is 0.449 e. The summed E-state index contributed by atoms with van der Waals surface area (Å²) in [7, 11) is 0. The van der Waals surface area contributed by atoms with Crippen LogP contribution in [-0.4, -0.2) is 16.4 Å². The molecule has 0 aliphatic carbocycles. The Hall–Kier alpha value is -1.52. The Morgan fingerprint density at radius 2 is 2.23 bits per heavy atom. The molecule has 0 atom stereocenters. The van der Waals surface area contributed by atoms with Crippen LogP contribution in [-0.2, 0) is 0 Å². The molecule has 0 spiro atoms. The van der Waals surface area contributed by atoms with Gasteiger partial charge in [-0.05, 0) is 6.92 Å². The molecular weight excluding hydrogens is 174 g/mol. The van der Waals surface area contributed by atoms with Gasteiger partial charge >= 0.3 is 6.16 Å². The van der Waals surface area contributed by atoms with Crippen molar-refractivity contribution in [2.45, 2.75) is 26.7 Å². The van der Waals surface area contributed by atoms with E-state index in [1.54, 1.807) is 6.92 Å². The van der Waals surface area contributed by atoms with Crippen molar-refractivity contribution in [3.8, 4) is 5.75 Å². The quantitative estimate of drug-likeness (QED) is 0.714. The van der Waals surface area contributed by atoms with Gasteiger partial charge in [-0.1, -0.05) is 19.0 Å². The predicted octanol–water partition coefficient (Wildman–Crippen LogP) is 2.16. The van der Waals surface area contributed by atoms with Gasteiger partial charge < -0.3 is 14.4 Å². The number of carboxylic acid groups (broad SMARTS) is 1. The minimum Gasteiger partial charge on any atom is -0.449 e. The van der Waals surface area contributed by atoms with E-state index in [4.69, 9.17) is 9.63 Å². The van der Waals surface area contributed by atoms with Crippen LogP contribution in [0.5, 0.6) is 5.75 Å². The molecule has 0 aromatic carbocycles. The van der Waals surface area contributed by atoms with Gasteiger partial charge in [-0.25, -0.2) is 4.79 Å². The van der Waals surface area contributed by atoms with Crippen LogP contribution in [0.4, 0.5) is 4.79 Å². The summed E-state index contributed by atoms with van der Waals surface area (Å²) in [5.41, 5.74) is 0.450. The Morgan fingerprint density at radius 1 is 1.62 bits per heavy atom. The van der Waals surface area contributed by atoms with Crippen molar-refractivity contribution in [1.29, 1.82) is 0 Å². The molecule has 5 heteroatoms. The molecule has 5 nitrogen and oxygen atoms in total. The zero-order chi connectivity index (χ0) is 10.0. The molecule has 0 aliphatic heterocycles.